The van der Waals surface area contributed by atoms with E-state index in [1.807, 2.05) is 0 Å². The van der Waals surface area contributed by atoms with Crippen LogP contribution in [0.2, 0.25) is 0 Å². The van der Waals surface area contributed by atoms with Crippen LogP contribution in [0.15, 0.2) is 18.2 Å². The molecule has 0 saturated carbocycles. The van der Waals surface area contributed by atoms with E-state index in [9.17, 15) is 13.2 Å². The minimum atomic E-state index is -4.67. The minimum absolute atomic E-state index is 0.0248. The van der Waals surface area contributed by atoms with Crippen LogP contribution in [0.1, 0.15) is 24.4 Å². The van der Waals surface area contributed by atoms with Gasteiger partial charge >= 0.3 is 6.36 Å². The fourth-order valence-corrected chi connectivity index (χ4v) is 2.13. The second-order valence-electron chi connectivity index (χ2n) is 4.10. The molecule has 1 aliphatic rings. The van der Waals surface area contributed by atoms with E-state index < -0.39 is 6.36 Å². The van der Waals surface area contributed by atoms with E-state index in [4.69, 9.17) is 4.74 Å². The Morgan fingerprint density at radius 1 is 1.33 bits per heavy atom. The number of halogens is 3. The highest BCUT2D eigenvalue weighted by Crippen LogP contribution is 2.35. The molecule has 0 unspecified atom stereocenters. The smallest absolute Gasteiger partial charge is 0.496 e. The van der Waals surface area contributed by atoms with Crippen LogP contribution in [0.5, 0.6) is 11.5 Å². The lowest BCUT2D eigenvalue weighted by molar-refractivity contribution is -0.274. The lowest BCUT2D eigenvalue weighted by atomic mass is 10.0. The predicted molar refractivity (Wildman–Crippen MR) is 59.7 cm³/mol. The van der Waals surface area contributed by atoms with Gasteiger partial charge in [0, 0.05) is 11.6 Å². The number of rotatable bonds is 3. The number of alkyl halides is 3. The Labute approximate surface area is 103 Å². The first-order valence-electron chi connectivity index (χ1n) is 5.66. The van der Waals surface area contributed by atoms with Crippen molar-refractivity contribution in [2.45, 2.75) is 25.2 Å². The summed E-state index contributed by atoms with van der Waals surface area (Å²) in [5, 5.41) is 3.22. The monoisotopic (exact) mass is 261 g/mol. The van der Waals surface area contributed by atoms with Crippen molar-refractivity contribution in [2.24, 2.45) is 0 Å². The number of methoxy groups -OCH3 is 1. The molecule has 1 aromatic carbocycles. The molecule has 0 aliphatic carbocycles. The molecule has 1 heterocycles. The fourth-order valence-electron chi connectivity index (χ4n) is 2.13. The van der Waals surface area contributed by atoms with Crippen LogP contribution in [0.25, 0.3) is 0 Å². The van der Waals surface area contributed by atoms with Crippen LogP contribution in [0, 0.1) is 0 Å². The van der Waals surface area contributed by atoms with Gasteiger partial charge in [-0.05, 0) is 37.6 Å². The Morgan fingerprint density at radius 3 is 2.67 bits per heavy atom. The maximum atomic E-state index is 12.2. The van der Waals surface area contributed by atoms with Crippen LogP contribution >= 0.6 is 0 Å². The molecule has 1 fully saturated rings. The molecule has 1 saturated heterocycles. The molecule has 0 radical (unpaired) electrons. The molecule has 1 aromatic rings. The van der Waals surface area contributed by atoms with Crippen molar-refractivity contribution in [1.82, 2.24) is 5.32 Å². The second-order valence-corrected chi connectivity index (χ2v) is 4.10. The zero-order chi connectivity index (χ0) is 13.2. The Kier molecular flexibility index (Phi) is 3.65. The quantitative estimate of drug-likeness (QED) is 0.907. The zero-order valence-electron chi connectivity index (χ0n) is 9.88. The first kappa shape index (κ1) is 13.0. The van der Waals surface area contributed by atoms with Gasteiger partial charge in [-0.25, -0.2) is 0 Å². The third-order valence-electron chi connectivity index (χ3n) is 2.87. The van der Waals surface area contributed by atoms with Crippen molar-refractivity contribution in [3.05, 3.63) is 23.8 Å². The molecule has 1 aliphatic heterocycles. The Hall–Kier alpha value is -1.43. The summed E-state index contributed by atoms with van der Waals surface area (Å²) in [5.41, 5.74) is 0.705. The van der Waals surface area contributed by atoms with E-state index >= 15 is 0 Å². The molecule has 1 N–H and O–H groups in total. The molecule has 0 amide bonds. The van der Waals surface area contributed by atoms with Gasteiger partial charge in [0.05, 0.1) is 7.11 Å². The molecule has 100 valence electrons. The van der Waals surface area contributed by atoms with Crippen LogP contribution in [-0.2, 0) is 0 Å². The summed E-state index contributed by atoms with van der Waals surface area (Å²) < 4.78 is 45.6. The summed E-state index contributed by atoms with van der Waals surface area (Å²) in [5.74, 6) is 0.357. The largest absolute Gasteiger partial charge is 0.573 e. The van der Waals surface area contributed by atoms with E-state index in [0.29, 0.717) is 11.3 Å². The van der Waals surface area contributed by atoms with E-state index in [1.165, 1.54) is 25.3 Å². The number of hydrogen-bond acceptors (Lipinski definition) is 3. The predicted octanol–water partition coefficient (Wildman–Crippen LogP) is 3.02. The van der Waals surface area contributed by atoms with Gasteiger partial charge < -0.3 is 14.8 Å². The summed E-state index contributed by atoms with van der Waals surface area (Å²) >= 11 is 0. The summed E-state index contributed by atoms with van der Waals surface area (Å²) in [6.45, 7) is 0.859. The molecule has 0 bridgehead atoms. The third kappa shape index (κ3) is 3.07. The SMILES string of the molecule is COc1ccc(OC(F)(F)F)cc1[C@H]1CCCN1. The van der Waals surface area contributed by atoms with Crippen LogP contribution < -0.4 is 14.8 Å². The van der Waals surface area contributed by atoms with Gasteiger partial charge in [-0.15, -0.1) is 13.2 Å². The lowest BCUT2D eigenvalue weighted by Crippen LogP contribution is -2.18. The average molecular weight is 261 g/mol. The molecular formula is C12H14F3NO2. The van der Waals surface area contributed by atoms with Gasteiger partial charge in [0.1, 0.15) is 11.5 Å². The van der Waals surface area contributed by atoms with Gasteiger partial charge in [-0.1, -0.05) is 0 Å². The summed E-state index contributed by atoms with van der Waals surface area (Å²) in [6, 6.07) is 4.16. The van der Waals surface area contributed by atoms with Crippen molar-refractivity contribution < 1.29 is 22.6 Å². The topological polar surface area (TPSA) is 30.5 Å². The van der Waals surface area contributed by atoms with Gasteiger partial charge in [-0.2, -0.15) is 0 Å². The maximum Gasteiger partial charge on any atom is 0.573 e. The number of hydrogen-bond donors (Lipinski definition) is 1. The molecule has 1 atom stereocenters. The molecule has 0 aromatic heterocycles. The van der Waals surface area contributed by atoms with E-state index in [1.54, 1.807) is 0 Å². The average Bonchev–Trinajstić information content (AvgIpc) is 2.80. The van der Waals surface area contributed by atoms with Gasteiger partial charge in [0.15, 0.2) is 0 Å². The van der Waals surface area contributed by atoms with Crippen molar-refractivity contribution in [2.75, 3.05) is 13.7 Å². The highest BCUT2D eigenvalue weighted by Gasteiger charge is 2.31. The molecule has 18 heavy (non-hydrogen) atoms. The summed E-state index contributed by atoms with van der Waals surface area (Å²) in [6.07, 6.45) is -2.79. The van der Waals surface area contributed by atoms with Crippen LogP contribution in [-0.4, -0.2) is 20.0 Å². The molecule has 3 nitrogen and oxygen atoms in total. The number of benzene rings is 1. The van der Waals surface area contributed by atoms with Gasteiger partial charge in [-0.3, -0.25) is 0 Å². The third-order valence-corrected chi connectivity index (χ3v) is 2.87. The summed E-state index contributed by atoms with van der Waals surface area (Å²) in [4.78, 5) is 0. The Balaban J connectivity index is 2.27. The maximum absolute atomic E-state index is 12.2. The standard InChI is InChI=1S/C12H14F3NO2/c1-17-11-5-4-8(18-12(13,14)15)7-9(11)10-3-2-6-16-10/h4-5,7,10,16H,2-3,6H2,1H3/t10-/m1/s1. The summed E-state index contributed by atoms with van der Waals surface area (Å²) in [7, 11) is 1.50. The van der Waals surface area contributed by atoms with Crippen molar-refractivity contribution in [3.8, 4) is 11.5 Å². The van der Waals surface area contributed by atoms with Crippen molar-refractivity contribution >= 4 is 0 Å². The normalized spacial score (nSPS) is 19.9. The fraction of sp³-hybridized carbons (Fsp3) is 0.500. The van der Waals surface area contributed by atoms with Crippen molar-refractivity contribution in [3.63, 3.8) is 0 Å². The minimum Gasteiger partial charge on any atom is -0.496 e. The number of nitrogens with one attached hydrogen (secondary N) is 1. The van der Waals surface area contributed by atoms with Crippen LogP contribution in [0.4, 0.5) is 13.2 Å². The first-order chi connectivity index (χ1) is 8.49. The van der Waals surface area contributed by atoms with Gasteiger partial charge in [0.25, 0.3) is 0 Å². The lowest BCUT2D eigenvalue weighted by Gasteiger charge is -2.17. The first-order valence-corrected chi connectivity index (χ1v) is 5.66. The number of ether oxygens (including phenoxy) is 2. The Bertz CT molecular complexity index is 414. The van der Waals surface area contributed by atoms with E-state index in [-0.39, 0.29) is 11.8 Å². The van der Waals surface area contributed by atoms with E-state index in [2.05, 4.69) is 10.1 Å². The van der Waals surface area contributed by atoms with Crippen molar-refractivity contribution in [1.29, 1.82) is 0 Å². The van der Waals surface area contributed by atoms with Crippen LogP contribution in [0.3, 0.4) is 0 Å². The highest BCUT2D eigenvalue weighted by atomic mass is 19.4. The molecule has 2 rings (SSSR count). The van der Waals surface area contributed by atoms with Gasteiger partial charge in [0.2, 0.25) is 0 Å². The molecule has 0 spiro atoms. The molecule has 6 heteroatoms. The highest BCUT2D eigenvalue weighted by molar-refractivity contribution is 5.42. The van der Waals surface area contributed by atoms with E-state index in [0.717, 1.165) is 19.4 Å². The second kappa shape index (κ2) is 5.06. The zero-order valence-corrected chi connectivity index (χ0v) is 9.88. The Morgan fingerprint density at radius 2 is 2.11 bits per heavy atom. The molecular weight excluding hydrogens is 247 g/mol.